The van der Waals surface area contributed by atoms with Crippen molar-refractivity contribution in [2.24, 2.45) is 0 Å². The summed E-state index contributed by atoms with van der Waals surface area (Å²) in [4.78, 5) is 10.4. The van der Waals surface area contributed by atoms with Gasteiger partial charge in [-0.1, -0.05) is 79.8 Å². The lowest BCUT2D eigenvalue weighted by Gasteiger charge is -2.00. The molecule has 0 radical (unpaired) electrons. The minimum atomic E-state index is -0.900. The van der Waals surface area contributed by atoms with Crippen molar-refractivity contribution in [2.75, 3.05) is 0 Å². The van der Waals surface area contributed by atoms with Crippen molar-refractivity contribution in [3.63, 3.8) is 0 Å². The molecular weight excluding hydrogens is 328 g/mol. The Hall–Kier alpha value is -2.17. The van der Waals surface area contributed by atoms with E-state index in [-0.39, 0.29) is 12.8 Å². The van der Waals surface area contributed by atoms with Crippen LogP contribution >= 0.6 is 0 Å². The van der Waals surface area contributed by atoms with Crippen LogP contribution in [-0.4, -0.2) is 33.5 Å². The molecule has 0 aliphatic rings. The fourth-order valence-corrected chi connectivity index (χ4v) is 1.90. The highest BCUT2D eigenvalue weighted by Gasteiger charge is 2.02. The number of aliphatic hydroxyl groups is 2. The number of carboxylic acid groups (broad SMARTS) is 1. The molecule has 0 saturated carbocycles. The van der Waals surface area contributed by atoms with E-state index in [1.807, 2.05) is 48.6 Å². The Labute approximate surface area is 157 Å². The zero-order valence-corrected chi connectivity index (χ0v) is 15.6. The van der Waals surface area contributed by atoms with E-state index in [2.05, 4.69) is 13.0 Å². The van der Waals surface area contributed by atoms with Gasteiger partial charge in [-0.2, -0.15) is 0 Å². The summed E-state index contributed by atoms with van der Waals surface area (Å²) in [5, 5.41) is 27.7. The molecule has 0 aromatic carbocycles. The molecule has 26 heavy (non-hydrogen) atoms. The molecule has 0 spiro atoms. The molecular formula is C22H32O4. The van der Waals surface area contributed by atoms with Crippen molar-refractivity contribution in [1.82, 2.24) is 0 Å². The van der Waals surface area contributed by atoms with Crippen LogP contribution in [0.1, 0.15) is 45.4 Å². The zero-order chi connectivity index (χ0) is 19.5. The predicted octanol–water partition coefficient (Wildman–Crippen LogP) is 4.49. The largest absolute Gasteiger partial charge is 0.481 e. The van der Waals surface area contributed by atoms with Gasteiger partial charge in [0.2, 0.25) is 0 Å². The van der Waals surface area contributed by atoms with Gasteiger partial charge in [0.1, 0.15) is 0 Å². The summed E-state index contributed by atoms with van der Waals surface area (Å²) in [6, 6.07) is 0. The first kappa shape index (κ1) is 23.8. The van der Waals surface area contributed by atoms with E-state index in [0.717, 1.165) is 19.3 Å². The average molecular weight is 360 g/mol. The standard InChI is InChI=1S/C22H32O4/c1-2-3-12-15-20(23)16-13-10-8-6-4-5-7-9-11-14-17-21(24)18-19-22(25)26/h3-5,8-14,16-17,20-21,23-24H,2,6-7,15,18-19H2,1H3,(H,25,26)/t20-,21-/m0/s1. The molecule has 0 fully saturated rings. The molecule has 0 saturated heterocycles. The van der Waals surface area contributed by atoms with Gasteiger partial charge < -0.3 is 15.3 Å². The first-order valence-corrected chi connectivity index (χ1v) is 9.10. The Bertz CT molecular complexity index is 524. The van der Waals surface area contributed by atoms with Crippen molar-refractivity contribution >= 4 is 5.97 Å². The van der Waals surface area contributed by atoms with Crippen LogP contribution in [0.25, 0.3) is 0 Å². The molecule has 4 nitrogen and oxygen atoms in total. The third-order valence-electron chi connectivity index (χ3n) is 3.31. The molecule has 4 heteroatoms. The Balaban J connectivity index is 3.80. The highest BCUT2D eigenvalue weighted by atomic mass is 16.4. The number of aliphatic hydroxyl groups excluding tert-OH is 2. The Morgan fingerprint density at radius 2 is 1.38 bits per heavy atom. The molecule has 3 N–H and O–H groups in total. The molecule has 144 valence electrons. The van der Waals surface area contributed by atoms with Crippen molar-refractivity contribution in [3.8, 4) is 0 Å². The van der Waals surface area contributed by atoms with Crippen LogP contribution in [0.4, 0.5) is 0 Å². The maximum absolute atomic E-state index is 10.4. The van der Waals surface area contributed by atoms with E-state index in [1.165, 1.54) is 0 Å². The molecule has 0 amide bonds. The first-order chi connectivity index (χ1) is 12.6. The van der Waals surface area contributed by atoms with Crippen LogP contribution in [0, 0.1) is 0 Å². The molecule has 0 aromatic heterocycles. The summed E-state index contributed by atoms with van der Waals surface area (Å²) in [7, 11) is 0. The minimum absolute atomic E-state index is 0.0322. The third kappa shape index (κ3) is 18.2. The van der Waals surface area contributed by atoms with Gasteiger partial charge in [0.05, 0.1) is 12.2 Å². The Kier molecular flexibility index (Phi) is 16.2. The van der Waals surface area contributed by atoms with E-state index < -0.39 is 18.2 Å². The summed E-state index contributed by atoms with van der Waals surface area (Å²) >= 11 is 0. The van der Waals surface area contributed by atoms with Gasteiger partial charge in [0.25, 0.3) is 0 Å². The van der Waals surface area contributed by atoms with E-state index in [1.54, 1.807) is 18.2 Å². The number of carboxylic acids is 1. The highest BCUT2D eigenvalue weighted by molar-refractivity contribution is 5.66. The second kappa shape index (κ2) is 17.6. The van der Waals surface area contributed by atoms with Crippen molar-refractivity contribution in [2.45, 2.75) is 57.7 Å². The lowest BCUT2D eigenvalue weighted by Crippen LogP contribution is -2.05. The van der Waals surface area contributed by atoms with Gasteiger partial charge in [-0.25, -0.2) is 0 Å². The molecule has 0 aliphatic heterocycles. The molecule has 0 aliphatic carbocycles. The van der Waals surface area contributed by atoms with E-state index in [0.29, 0.717) is 6.42 Å². The number of hydrogen-bond donors (Lipinski definition) is 3. The fourth-order valence-electron chi connectivity index (χ4n) is 1.90. The summed E-state index contributed by atoms with van der Waals surface area (Å²) in [5.41, 5.74) is 0. The second-order valence-electron chi connectivity index (χ2n) is 5.75. The highest BCUT2D eigenvalue weighted by Crippen LogP contribution is 2.00. The SMILES string of the molecule is CCC=CC[C@H](O)C=CC=CCC=CCC=CC=C[C@H](O)CCC(=O)O. The number of allylic oxidation sites excluding steroid dienone is 9. The minimum Gasteiger partial charge on any atom is -0.481 e. The maximum atomic E-state index is 10.4. The third-order valence-corrected chi connectivity index (χ3v) is 3.31. The van der Waals surface area contributed by atoms with E-state index in [4.69, 9.17) is 5.11 Å². The van der Waals surface area contributed by atoms with Gasteiger partial charge in [-0.15, -0.1) is 0 Å². The first-order valence-electron chi connectivity index (χ1n) is 9.10. The van der Waals surface area contributed by atoms with Crippen LogP contribution < -0.4 is 0 Å². The maximum Gasteiger partial charge on any atom is 0.303 e. The van der Waals surface area contributed by atoms with Crippen LogP contribution in [0.2, 0.25) is 0 Å². The normalized spacial score (nSPS) is 15.5. The van der Waals surface area contributed by atoms with Gasteiger partial charge in [-0.05, 0) is 32.1 Å². The average Bonchev–Trinajstić information content (AvgIpc) is 2.61. The summed E-state index contributed by atoms with van der Waals surface area (Å²) < 4.78 is 0. The molecule has 0 unspecified atom stereocenters. The van der Waals surface area contributed by atoms with Crippen molar-refractivity contribution in [3.05, 3.63) is 72.9 Å². The second-order valence-corrected chi connectivity index (χ2v) is 5.75. The van der Waals surface area contributed by atoms with Gasteiger partial charge in [-0.3, -0.25) is 4.79 Å². The van der Waals surface area contributed by atoms with Crippen molar-refractivity contribution < 1.29 is 20.1 Å². The monoisotopic (exact) mass is 360 g/mol. The lowest BCUT2D eigenvalue weighted by molar-refractivity contribution is -0.137. The summed E-state index contributed by atoms with van der Waals surface area (Å²) in [6.07, 6.45) is 25.1. The summed E-state index contributed by atoms with van der Waals surface area (Å²) in [5.74, 6) is -0.900. The Morgan fingerprint density at radius 3 is 1.92 bits per heavy atom. The smallest absolute Gasteiger partial charge is 0.303 e. The molecule has 0 rings (SSSR count). The van der Waals surface area contributed by atoms with Crippen molar-refractivity contribution in [1.29, 1.82) is 0 Å². The van der Waals surface area contributed by atoms with E-state index >= 15 is 0 Å². The van der Waals surface area contributed by atoms with Crippen LogP contribution in [0.3, 0.4) is 0 Å². The topological polar surface area (TPSA) is 77.8 Å². The van der Waals surface area contributed by atoms with Gasteiger partial charge in [0.15, 0.2) is 0 Å². The molecule has 0 heterocycles. The van der Waals surface area contributed by atoms with Crippen LogP contribution in [-0.2, 0) is 4.79 Å². The molecule has 2 atom stereocenters. The van der Waals surface area contributed by atoms with Gasteiger partial charge >= 0.3 is 5.97 Å². The summed E-state index contributed by atoms with van der Waals surface area (Å²) in [6.45, 7) is 2.07. The quantitative estimate of drug-likeness (QED) is 0.315. The Morgan fingerprint density at radius 1 is 0.808 bits per heavy atom. The number of hydrogen-bond acceptors (Lipinski definition) is 3. The zero-order valence-electron chi connectivity index (χ0n) is 15.6. The van der Waals surface area contributed by atoms with Gasteiger partial charge in [0, 0.05) is 6.42 Å². The van der Waals surface area contributed by atoms with Crippen LogP contribution in [0.5, 0.6) is 0 Å². The lowest BCUT2D eigenvalue weighted by atomic mass is 10.2. The number of carbonyl (C=O) groups is 1. The fraction of sp³-hybridized carbons (Fsp3) is 0.409. The number of rotatable bonds is 14. The molecule has 0 bridgehead atoms. The van der Waals surface area contributed by atoms with Crippen LogP contribution in [0.15, 0.2) is 72.9 Å². The van der Waals surface area contributed by atoms with E-state index in [9.17, 15) is 15.0 Å². The molecule has 0 aromatic rings. The predicted molar refractivity (Wildman–Crippen MR) is 108 cm³/mol. The number of aliphatic carboxylic acids is 1.